The Morgan fingerprint density at radius 2 is 2.09 bits per heavy atom. The van der Waals surface area contributed by atoms with Crippen molar-refractivity contribution in [2.45, 2.75) is 37.9 Å². The second-order valence-corrected chi connectivity index (χ2v) is 8.53. The van der Waals surface area contributed by atoms with E-state index in [1.807, 2.05) is 36.4 Å². The molecule has 0 aliphatic carbocycles. The molecule has 0 radical (unpaired) electrons. The Hall–Kier alpha value is -3.34. The molecule has 0 saturated carbocycles. The van der Waals surface area contributed by atoms with Gasteiger partial charge in [0.25, 0.3) is 0 Å². The summed E-state index contributed by atoms with van der Waals surface area (Å²) in [6.07, 6.45) is 3.54. The van der Waals surface area contributed by atoms with Crippen molar-refractivity contribution >= 4 is 17.0 Å². The predicted molar refractivity (Wildman–Crippen MR) is 132 cm³/mol. The van der Waals surface area contributed by atoms with Gasteiger partial charge < -0.3 is 25.7 Å². The minimum Gasteiger partial charge on any atom is -0.370 e. The normalized spacial score (nSPS) is 15.7. The molecule has 7 heteroatoms. The van der Waals surface area contributed by atoms with Gasteiger partial charge in [0.1, 0.15) is 11.9 Å². The van der Waals surface area contributed by atoms with Crippen LogP contribution in [0.15, 0.2) is 48.5 Å². The number of benzene rings is 2. The van der Waals surface area contributed by atoms with E-state index in [-0.39, 0.29) is 18.2 Å². The summed E-state index contributed by atoms with van der Waals surface area (Å²) < 4.78 is 6.67. The molecule has 1 atom stereocenters. The quantitative estimate of drug-likeness (QED) is 0.194. The van der Waals surface area contributed by atoms with Crippen molar-refractivity contribution in [1.82, 2.24) is 20.2 Å². The molecule has 1 saturated heterocycles. The number of imidazole rings is 1. The van der Waals surface area contributed by atoms with Gasteiger partial charge in [0.2, 0.25) is 0 Å². The van der Waals surface area contributed by atoms with E-state index in [0.29, 0.717) is 6.54 Å². The maximum absolute atomic E-state index is 7.19. The van der Waals surface area contributed by atoms with Crippen LogP contribution in [0.5, 0.6) is 0 Å². The van der Waals surface area contributed by atoms with E-state index in [2.05, 4.69) is 46.2 Å². The molecule has 2 heterocycles. The summed E-state index contributed by atoms with van der Waals surface area (Å²) in [6, 6.07) is 16.3. The average Bonchev–Trinajstić information content (AvgIpc) is 3.25. The molecule has 1 unspecified atom stereocenters. The lowest BCUT2D eigenvalue weighted by atomic mass is 10.0. The van der Waals surface area contributed by atoms with Crippen LogP contribution < -0.4 is 11.1 Å². The lowest BCUT2D eigenvalue weighted by molar-refractivity contribution is -0.0264. The van der Waals surface area contributed by atoms with Crippen molar-refractivity contribution in [3.63, 3.8) is 0 Å². The van der Waals surface area contributed by atoms with Crippen LogP contribution in [0.1, 0.15) is 48.7 Å². The van der Waals surface area contributed by atoms with Gasteiger partial charge in [-0.3, -0.25) is 5.41 Å². The van der Waals surface area contributed by atoms with Gasteiger partial charge in [-0.15, -0.1) is 0 Å². The second kappa shape index (κ2) is 11.0. The molecule has 0 bridgehead atoms. The van der Waals surface area contributed by atoms with Gasteiger partial charge >= 0.3 is 0 Å². The van der Waals surface area contributed by atoms with Gasteiger partial charge in [0, 0.05) is 31.6 Å². The van der Waals surface area contributed by atoms with Crippen LogP contribution in [0.4, 0.5) is 0 Å². The number of hydrogen-bond donors (Lipinski definition) is 4. The third kappa shape index (κ3) is 6.35. The fourth-order valence-electron chi connectivity index (χ4n) is 4.05. The van der Waals surface area contributed by atoms with Crippen LogP contribution in [-0.2, 0) is 4.74 Å². The standard InChI is InChI=1S/C26H32N6O/c1-32-16-13-21(14-17-32)33-24(25-30-22-11-4-5-12-23(22)31-25)20-10-7-9-19(18-20)8-3-2-6-15-29-26(27)28/h4-5,7,9-12,18,21,24H,2,6,13-17H2,1H3,(H,30,31)(H4,27,28,29). The Kier molecular flexibility index (Phi) is 7.61. The highest BCUT2D eigenvalue weighted by Crippen LogP contribution is 2.30. The van der Waals surface area contributed by atoms with E-state index < -0.39 is 0 Å². The highest BCUT2D eigenvalue weighted by molar-refractivity contribution is 5.75. The molecule has 33 heavy (non-hydrogen) atoms. The number of aromatic amines is 1. The number of aromatic nitrogens is 2. The van der Waals surface area contributed by atoms with Crippen molar-refractivity contribution in [3.05, 3.63) is 65.5 Å². The van der Waals surface area contributed by atoms with E-state index in [1.54, 1.807) is 0 Å². The van der Waals surface area contributed by atoms with Crippen LogP contribution in [0.25, 0.3) is 11.0 Å². The lowest BCUT2D eigenvalue weighted by Gasteiger charge is -2.31. The van der Waals surface area contributed by atoms with Crippen LogP contribution in [0.3, 0.4) is 0 Å². The number of likely N-dealkylation sites (tertiary alicyclic amines) is 1. The number of fused-ring (bicyclic) bond motifs is 1. The highest BCUT2D eigenvalue weighted by Gasteiger charge is 2.26. The summed E-state index contributed by atoms with van der Waals surface area (Å²) in [5.41, 5.74) is 9.27. The van der Waals surface area contributed by atoms with E-state index >= 15 is 0 Å². The molecular formula is C26H32N6O. The summed E-state index contributed by atoms with van der Waals surface area (Å²) in [7, 11) is 2.16. The first kappa shape index (κ1) is 22.8. The maximum Gasteiger partial charge on any atom is 0.185 e. The van der Waals surface area contributed by atoms with E-state index in [9.17, 15) is 0 Å². The number of nitrogens with one attached hydrogen (secondary N) is 3. The Morgan fingerprint density at radius 1 is 1.27 bits per heavy atom. The van der Waals surface area contributed by atoms with Gasteiger partial charge in [0.15, 0.2) is 5.96 Å². The van der Waals surface area contributed by atoms with Crippen LogP contribution in [0.2, 0.25) is 0 Å². The van der Waals surface area contributed by atoms with Crippen LogP contribution >= 0.6 is 0 Å². The third-order valence-electron chi connectivity index (χ3n) is 5.87. The third-order valence-corrected chi connectivity index (χ3v) is 5.87. The topological polar surface area (TPSA) is 103 Å². The molecular weight excluding hydrogens is 412 g/mol. The number of piperidine rings is 1. The molecule has 5 N–H and O–H groups in total. The molecule has 3 aromatic rings. The largest absolute Gasteiger partial charge is 0.370 e. The fraction of sp³-hybridized carbons (Fsp3) is 0.385. The number of para-hydroxylation sites is 2. The molecule has 7 nitrogen and oxygen atoms in total. The Balaban J connectivity index is 1.54. The SMILES string of the molecule is CN1CCC(OC(c2cccc(C#CCCCNC(=N)N)c2)c2nc3ccccc3[nH]2)CC1. The zero-order valence-electron chi connectivity index (χ0n) is 19.1. The number of nitrogens with two attached hydrogens (primary N) is 1. The first-order valence-electron chi connectivity index (χ1n) is 11.5. The maximum atomic E-state index is 7.19. The second-order valence-electron chi connectivity index (χ2n) is 8.53. The molecule has 1 aromatic heterocycles. The fourth-order valence-corrected chi connectivity index (χ4v) is 4.05. The predicted octanol–water partition coefficient (Wildman–Crippen LogP) is 3.38. The zero-order valence-corrected chi connectivity index (χ0v) is 19.1. The number of nitrogens with zero attached hydrogens (tertiary/aromatic N) is 2. The number of rotatable bonds is 7. The number of hydrogen-bond acceptors (Lipinski definition) is 4. The molecule has 4 rings (SSSR count). The van der Waals surface area contributed by atoms with Crippen molar-refractivity contribution in [2.75, 3.05) is 26.7 Å². The van der Waals surface area contributed by atoms with Crippen molar-refractivity contribution in [1.29, 1.82) is 5.41 Å². The molecule has 1 fully saturated rings. The average molecular weight is 445 g/mol. The summed E-state index contributed by atoms with van der Waals surface area (Å²) in [5.74, 6) is 7.30. The van der Waals surface area contributed by atoms with Gasteiger partial charge in [0.05, 0.1) is 17.1 Å². The molecule has 0 spiro atoms. The monoisotopic (exact) mass is 444 g/mol. The number of ether oxygens (including phenoxy) is 1. The van der Waals surface area contributed by atoms with Gasteiger partial charge in [-0.05, 0) is 56.1 Å². The first-order chi connectivity index (χ1) is 16.1. The summed E-state index contributed by atoms with van der Waals surface area (Å²) in [6.45, 7) is 2.74. The molecule has 0 amide bonds. The summed E-state index contributed by atoms with van der Waals surface area (Å²) in [4.78, 5) is 10.7. The minimum absolute atomic E-state index is 0.00287. The zero-order chi connectivity index (χ0) is 23.0. The molecule has 1 aliphatic heterocycles. The van der Waals surface area contributed by atoms with Crippen molar-refractivity contribution in [2.24, 2.45) is 5.73 Å². The first-order valence-corrected chi connectivity index (χ1v) is 11.5. The minimum atomic E-state index is -0.271. The van der Waals surface area contributed by atoms with Crippen molar-refractivity contribution < 1.29 is 4.74 Å². The highest BCUT2D eigenvalue weighted by atomic mass is 16.5. The van der Waals surface area contributed by atoms with Gasteiger partial charge in [-0.1, -0.05) is 36.1 Å². The number of guanidine groups is 1. The van der Waals surface area contributed by atoms with Crippen molar-refractivity contribution in [3.8, 4) is 11.8 Å². The smallest absolute Gasteiger partial charge is 0.185 e. The van der Waals surface area contributed by atoms with Gasteiger partial charge in [-0.2, -0.15) is 0 Å². The summed E-state index contributed by atoms with van der Waals surface area (Å²) in [5, 5.41) is 9.99. The Labute approximate surface area is 195 Å². The van der Waals surface area contributed by atoms with Gasteiger partial charge in [-0.25, -0.2) is 4.98 Å². The van der Waals surface area contributed by atoms with E-state index in [0.717, 1.165) is 66.8 Å². The Bertz CT molecular complexity index is 1100. The number of unbranched alkanes of at least 4 members (excludes halogenated alkanes) is 1. The lowest BCUT2D eigenvalue weighted by Crippen LogP contribution is -2.35. The molecule has 172 valence electrons. The van der Waals surface area contributed by atoms with Crippen LogP contribution in [-0.4, -0.2) is 53.6 Å². The molecule has 1 aliphatic rings. The summed E-state index contributed by atoms with van der Waals surface area (Å²) >= 11 is 0. The number of H-pyrrole nitrogens is 1. The van der Waals surface area contributed by atoms with E-state index in [4.69, 9.17) is 20.9 Å². The molecule has 2 aromatic carbocycles. The Morgan fingerprint density at radius 3 is 2.88 bits per heavy atom. The van der Waals surface area contributed by atoms with Crippen LogP contribution in [0, 0.1) is 17.3 Å². The van der Waals surface area contributed by atoms with E-state index in [1.165, 1.54) is 0 Å².